The third-order valence-corrected chi connectivity index (χ3v) is 7.71. The zero-order valence-corrected chi connectivity index (χ0v) is 19.9. The van der Waals surface area contributed by atoms with Gasteiger partial charge in [0.25, 0.3) is 0 Å². The molecular formula is C25H34N2O5S. The molecule has 3 rings (SSSR count). The van der Waals surface area contributed by atoms with Gasteiger partial charge >= 0.3 is 5.97 Å². The number of carboxylic acid groups (broad SMARTS) is 1. The average molecular weight is 475 g/mol. The number of piperidine rings is 1. The molecular weight excluding hydrogens is 440 g/mol. The summed E-state index contributed by atoms with van der Waals surface area (Å²) >= 11 is 0. The topological polar surface area (TPSA) is 105 Å². The first kappa shape index (κ1) is 25.2. The van der Waals surface area contributed by atoms with Gasteiger partial charge in [0.1, 0.15) is 5.75 Å². The van der Waals surface area contributed by atoms with Crippen LogP contribution in [0.15, 0.2) is 53.4 Å². The van der Waals surface area contributed by atoms with E-state index in [1.54, 1.807) is 49.4 Å². The molecule has 1 heterocycles. The Balaban J connectivity index is 1.56. The van der Waals surface area contributed by atoms with E-state index in [4.69, 9.17) is 4.74 Å². The van der Waals surface area contributed by atoms with Crippen molar-refractivity contribution in [2.75, 3.05) is 19.7 Å². The predicted octanol–water partition coefficient (Wildman–Crippen LogP) is 4.04. The van der Waals surface area contributed by atoms with Crippen LogP contribution in [0.5, 0.6) is 5.75 Å². The second kappa shape index (κ2) is 12.2. The van der Waals surface area contributed by atoms with Crippen molar-refractivity contribution in [3.8, 4) is 5.75 Å². The molecule has 0 bridgehead atoms. The number of carboxylic acids is 1. The summed E-state index contributed by atoms with van der Waals surface area (Å²) in [5.41, 5.74) is 1.18. The Hall–Kier alpha value is -2.42. The number of hydrogen-bond acceptors (Lipinski definition) is 5. The highest BCUT2D eigenvalue weighted by atomic mass is 32.2. The summed E-state index contributed by atoms with van der Waals surface area (Å²) in [5.74, 6) is 0.429. The molecule has 1 fully saturated rings. The summed E-state index contributed by atoms with van der Waals surface area (Å²) in [5, 5.41) is 12.7. The first-order chi connectivity index (χ1) is 15.8. The van der Waals surface area contributed by atoms with E-state index in [0.29, 0.717) is 23.5 Å². The first-order valence-electron chi connectivity index (χ1n) is 11.6. The van der Waals surface area contributed by atoms with Gasteiger partial charge in [0.05, 0.1) is 24.0 Å². The molecule has 1 atom stereocenters. The maximum absolute atomic E-state index is 12.9. The Morgan fingerprint density at radius 2 is 1.82 bits per heavy atom. The predicted molar refractivity (Wildman–Crippen MR) is 128 cm³/mol. The Bertz CT molecular complexity index is 1000. The summed E-state index contributed by atoms with van der Waals surface area (Å²) < 4.78 is 34.1. The van der Waals surface area contributed by atoms with E-state index < -0.39 is 22.0 Å². The van der Waals surface area contributed by atoms with E-state index in [-0.39, 0.29) is 11.3 Å². The minimum Gasteiger partial charge on any atom is -0.494 e. The van der Waals surface area contributed by atoms with Crippen molar-refractivity contribution in [2.24, 2.45) is 5.92 Å². The van der Waals surface area contributed by atoms with Crippen LogP contribution in [-0.4, -0.2) is 39.2 Å². The highest BCUT2D eigenvalue weighted by Gasteiger charge is 2.24. The van der Waals surface area contributed by atoms with Crippen LogP contribution in [0.2, 0.25) is 0 Å². The van der Waals surface area contributed by atoms with E-state index in [2.05, 4.69) is 10.0 Å². The van der Waals surface area contributed by atoms with Gasteiger partial charge in [-0.1, -0.05) is 36.8 Å². The van der Waals surface area contributed by atoms with Gasteiger partial charge in [-0.15, -0.1) is 0 Å². The second-order valence-corrected chi connectivity index (χ2v) is 10.3. The minimum atomic E-state index is -3.87. The monoisotopic (exact) mass is 474 g/mol. The number of sulfonamides is 1. The van der Waals surface area contributed by atoms with E-state index in [1.165, 1.54) is 25.3 Å². The first-order valence-corrected chi connectivity index (χ1v) is 13.1. The summed E-state index contributed by atoms with van der Waals surface area (Å²) in [6, 6.07) is 12.7. The molecule has 8 heteroatoms. The van der Waals surface area contributed by atoms with Gasteiger partial charge in [0, 0.05) is 0 Å². The second-order valence-electron chi connectivity index (χ2n) is 8.64. The van der Waals surface area contributed by atoms with Gasteiger partial charge < -0.3 is 15.2 Å². The van der Waals surface area contributed by atoms with Gasteiger partial charge in [-0.25, -0.2) is 13.1 Å². The molecule has 0 amide bonds. The minimum absolute atomic E-state index is 0.143. The molecule has 0 saturated carbocycles. The number of carbonyl (C=O) groups is 1. The van der Waals surface area contributed by atoms with Crippen molar-refractivity contribution in [2.45, 2.75) is 56.4 Å². The van der Waals surface area contributed by atoms with E-state index in [0.717, 1.165) is 31.8 Å². The van der Waals surface area contributed by atoms with Crippen molar-refractivity contribution >= 4 is 16.0 Å². The highest BCUT2D eigenvalue weighted by molar-refractivity contribution is 7.89. The largest absolute Gasteiger partial charge is 0.494 e. The zero-order valence-electron chi connectivity index (χ0n) is 19.1. The Labute approximate surface area is 196 Å². The normalized spacial score (nSPS) is 15.8. The maximum atomic E-state index is 12.9. The van der Waals surface area contributed by atoms with Gasteiger partial charge in [-0.05, 0) is 80.9 Å². The molecule has 2 aromatic rings. The quantitative estimate of drug-likeness (QED) is 0.401. The number of unbranched alkanes of at least 4 members (excludes halogenated alkanes) is 1. The number of hydrogen-bond donors (Lipinski definition) is 3. The summed E-state index contributed by atoms with van der Waals surface area (Å²) in [7, 11) is -3.87. The molecule has 0 aliphatic carbocycles. The van der Waals surface area contributed by atoms with Crippen LogP contribution in [0, 0.1) is 12.8 Å². The summed E-state index contributed by atoms with van der Waals surface area (Å²) in [6.07, 6.45) is 5.53. The van der Waals surface area contributed by atoms with Crippen molar-refractivity contribution in [1.29, 1.82) is 0 Å². The molecule has 0 aromatic heterocycles. The lowest BCUT2D eigenvalue weighted by Crippen LogP contribution is -2.30. The lowest BCUT2D eigenvalue weighted by molar-refractivity contribution is -0.137. The lowest BCUT2D eigenvalue weighted by atomic mass is 9.93. The number of rotatable bonds is 12. The van der Waals surface area contributed by atoms with Gasteiger partial charge in [-0.3, -0.25) is 4.79 Å². The number of aryl methyl sites for hydroxylation is 1. The van der Waals surface area contributed by atoms with Crippen LogP contribution < -0.4 is 14.8 Å². The molecule has 1 aliphatic heterocycles. The van der Waals surface area contributed by atoms with Gasteiger partial charge in [0.15, 0.2) is 0 Å². The fraction of sp³-hybridized carbons (Fsp3) is 0.480. The third-order valence-electron chi connectivity index (χ3n) is 6.08. The summed E-state index contributed by atoms with van der Waals surface area (Å²) in [4.78, 5) is 11.5. The number of aliphatic carboxylic acids is 1. The van der Waals surface area contributed by atoms with Crippen molar-refractivity contribution in [3.63, 3.8) is 0 Å². The zero-order chi connectivity index (χ0) is 23.7. The van der Waals surface area contributed by atoms with Crippen LogP contribution in [-0.2, 0) is 14.8 Å². The van der Waals surface area contributed by atoms with Gasteiger partial charge in [-0.2, -0.15) is 0 Å². The standard InChI is InChI=1S/C25H34N2O5S/c1-19-6-2-3-8-24(19)33(30,31)27-23(18-25(28)29)21-9-11-22(12-10-21)32-17-5-4-7-20-13-15-26-16-14-20/h2-3,6,8-12,20,23,26-27H,4-5,7,13-18H2,1H3,(H,28,29). The van der Waals surface area contributed by atoms with Crippen molar-refractivity contribution in [3.05, 3.63) is 59.7 Å². The van der Waals surface area contributed by atoms with Crippen LogP contribution in [0.4, 0.5) is 0 Å². The average Bonchev–Trinajstić information content (AvgIpc) is 2.79. The van der Waals surface area contributed by atoms with Crippen LogP contribution in [0.3, 0.4) is 0 Å². The molecule has 1 aliphatic rings. The molecule has 1 unspecified atom stereocenters. The lowest BCUT2D eigenvalue weighted by Gasteiger charge is -2.22. The fourth-order valence-corrected chi connectivity index (χ4v) is 5.67. The van der Waals surface area contributed by atoms with Gasteiger partial charge in [0.2, 0.25) is 10.0 Å². The van der Waals surface area contributed by atoms with E-state index in [1.807, 2.05) is 0 Å². The Morgan fingerprint density at radius 3 is 2.48 bits per heavy atom. The third kappa shape index (κ3) is 7.84. The van der Waals surface area contributed by atoms with Crippen molar-refractivity contribution < 1.29 is 23.1 Å². The number of ether oxygens (including phenoxy) is 1. The van der Waals surface area contributed by atoms with Crippen molar-refractivity contribution in [1.82, 2.24) is 10.0 Å². The fourth-order valence-electron chi connectivity index (χ4n) is 4.20. The molecule has 3 N–H and O–H groups in total. The molecule has 2 aromatic carbocycles. The maximum Gasteiger partial charge on any atom is 0.305 e. The van der Waals surface area contributed by atoms with E-state index >= 15 is 0 Å². The molecule has 7 nitrogen and oxygen atoms in total. The Morgan fingerprint density at radius 1 is 1.12 bits per heavy atom. The highest BCUT2D eigenvalue weighted by Crippen LogP contribution is 2.25. The molecule has 0 radical (unpaired) electrons. The molecule has 0 spiro atoms. The Kier molecular flexibility index (Phi) is 9.29. The molecule has 33 heavy (non-hydrogen) atoms. The molecule has 1 saturated heterocycles. The molecule has 180 valence electrons. The van der Waals surface area contributed by atoms with Crippen LogP contribution in [0.1, 0.15) is 55.7 Å². The van der Waals surface area contributed by atoms with E-state index in [9.17, 15) is 18.3 Å². The number of nitrogens with one attached hydrogen (secondary N) is 2. The smallest absolute Gasteiger partial charge is 0.305 e. The summed E-state index contributed by atoms with van der Waals surface area (Å²) in [6.45, 7) is 4.58. The van der Waals surface area contributed by atoms with Crippen LogP contribution >= 0.6 is 0 Å². The van der Waals surface area contributed by atoms with Crippen LogP contribution in [0.25, 0.3) is 0 Å². The number of benzene rings is 2. The SMILES string of the molecule is Cc1ccccc1S(=O)(=O)NC(CC(=O)O)c1ccc(OCCCCC2CCNCC2)cc1.